The SMILES string of the molecule is COc1cc(OC)c2c(=O)c3ccccc3n(C)c2c1Br. The van der Waals surface area contributed by atoms with Crippen molar-refractivity contribution in [1.82, 2.24) is 4.57 Å². The number of hydrogen-bond acceptors (Lipinski definition) is 3. The van der Waals surface area contributed by atoms with Gasteiger partial charge in [-0.25, -0.2) is 0 Å². The van der Waals surface area contributed by atoms with Gasteiger partial charge in [-0.05, 0) is 28.1 Å². The van der Waals surface area contributed by atoms with Crippen LogP contribution in [0.3, 0.4) is 0 Å². The molecule has 0 atom stereocenters. The zero-order valence-electron chi connectivity index (χ0n) is 11.9. The number of hydrogen-bond donors (Lipinski definition) is 0. The van der Waals surface area contributed by atoms with E-state index >= 15 is 0 Å². The molecule has 0 aliphatic carbocycles. The van der Waals surface area contributed by atoms with Gasteiger partial charge in [0.1, 0.15) is 11.5 Å². The van der Waals surface area contributed by atoms with Gasteiger partial charge in [-0.15, -0.1) is 0 Å². The van der Waals surface area contributed by atoms with Crippen LogP contribution in [-0.2, 0) is 7.05 Å². The average molecular weight is 348 g/mol. The summed E-state index contributed by atoms with van der Waals surface area (Å²) in [7, 11) is 5.06. The van der Waals surface area contributed by atoms with Gasteiger partial charge in [0.2, 0.25) is 5.43 Å². The molecule has 4 nitrogen and oxygen atoms in total. The highest BCUT2D eigenvalue weighted by Crippen LogP contribution is 2.38. The second-order valence-corrected chi connectivity index (χ2v) is 5.52. The smallest absolute Gasteiger partial charge is 0.201 e. The van der Waals surface area contributed by atoms with Crippen molar-refractivity contribution in [3.05, 3.63) is 45.0 Å². The first-order chi connectivity index (χ1) is 10.1. The topological polar surface area (TPSA) is 40.5 Å². The first kappa shape index (κ1) is 13.9. The predicted molar refractivity (Wildman–Crippen MR) is 87.5 cm³/mol. The lowest BCUT2D eigenvalue weighted by molar-refractivity contribution is 0.396. The summed E-state index contributed by atoms with van der Waals surface area (Å²) in [4.78, 5) is 12.8. The van der Waals surface area contributed by atoms with Crippen molar-refractivity contribution >= 4 is 37.7 Å². The molecule has 108 valence electrons. The number of rotatable bonds is 2. The van der Waals surface area contributed by atoms with Gasteiger partial charge in [0.25, 0.3) is 0 Å². The van der Waals surface area contributed by atoms with E-state index in [4.69, 9.17) is 9.47 Å². The number of benzene rings is 2. The van der Waals surface area contributed by atoms with Crippen LogP contribution >= 0.6 is 15.9 Å². The van der Waals surface area contributed by atoms with Crippen LogP contribution in [0.4, 0.5) is 0 Å². The molecule has 0 amide bonds. The Morgan fingerprint density at radius 2 is 1.76 bits per heavy atom. The second kappa shape index (κ2) is 5.07. The molecule has 5 heteroatoms. The quantitative estimate of drug-likeness (QED) is 0.666. The maximum Gasteiger partial charge on any atom is 0.201 e. The van der Waals surface area contributed by atoms with Gasteiger partial charge in [-0.3, -0.25) is 4.79 Å². The Morgan fingerprint density at radius 1 is 1.10 bits per heavy atom. The molecule has 3 rings (SSSR count). The Kier molecular flexibility index (Phi) is 3.37. The van der Waals surface area contributed by atoms with Crippen molar-refractivity contribution in [3.63, 3.8) is 0 Å². The van der Waals surface area contributed by atoms with E-state index in [1.165, 1.54) is 0 Å². The van der Waals surface area contributed by atoms with Crippen LogP contribution in [0.25, 0.3) is 21.8 Å². The van der Waals surface area contributed by atoms with E-state index in [0.717, 1.165) is 15.5 Å². The number of aryl methyl sites for hydroxylation is 1. The zero-order chi connectivity index (χ0) is 15.1. The van der Waals surface area contributed by atoms with Crippen molar-refractivity contribution < 1.29 is 9.47 Å². The number of para-hydroxylation sites is 1. The molecule has 0 bridgehead atoms. The van der Waals surface area contributed by atoms with Gasteiger partial charge in [-0.1, -0.05) is 12.1 Å². The van der Waals surface area contributed by atoms with Gasteiger partial charge in [-0.2, -0.15) is 0 Å². The summed E-state index contributed by atoms with van der Waals surface area (Å²) in [5.41, 5.74) is 1.58. The number of ether oxygens (including phenoxy) is 2. The fraction of sp³-hybridized carbons (Fsp3) is 0.188. The van der Waals surface area contributed by atoms with Crippen molar-refractivity contribution in [1.29, 1.82) is 0 Å². The molecule has 1 aromatic heterocycles. The third kappa shape index (κ3) is 1.92. The molecule has 1 heterocycles. The molecule has 0 fully saturated rings. The van der Waals surface area contributed by atoms with Crippen LogP contribution in [0, 0.1) is 0 Å². The third-order valence-electron chi connectivity index (χ3n) is 3.68. The fourth-order valence-corrected chi connectivity index (χ4v) is 3.40. The molecular weight excluding hydrogens is 334 g/mol. The minimum Gasteiger partial charge on any atom is -0.496 e. The van der Waals surface area contributed by atoms with Crippen LogP contribution in [0.1, 0.15) is 0 Å². The molecule has 0 aliphatic rings. The molecule has 0 saturated carbocycles. The van der Waals surface area contributed by atoms with Crippen molar-refractivity contribution in [2.24, 2.45) is 7.05 Å². The Balaban J connectivity index is 2.68. The number of nitrogens with zero attached hydrogens (tertiary/aromatic N) is 1. The third-order valence-corrected chi connectivity index (χ3v) is 4.45. The lowest BCUT2D eigenvalue weighted by Crippen LogP contribution is -2.11. The molecule has 0 N–H and O–H groups in total. The molecule has 2 aromatic carbocycles. The van der Waals surface area contributed by atoms with Crippen molar-refractivity contribution in [2.45, 2.75) is 0 Å². The Morgan fingerprint density at radius 3 is 2.43 bits per heavy atom. The van der Waals surface area contributed by atoms with Crippen LogP contribution in [0.15, 0.2) is 39.6 Å². The molecule has 0 unspecified atom stereocenters. The van der Waals surface area contributed by atoms with Gasteiger partial charge in [0.05, 0.1) is 35.1 Å². The fourth-order valence-electron chi connectivity index (χ4n) is 2.65. The minimum atomic E-state index is -0.0427. The first-order valence-corrected chi connectivity index (χ1v) is 7.21. The molecular formula is C16H14BrNO3. The summed E-state index contributed by atoms with van der Waals surface area (Å²) in [6.07, 6.45) is 0. The monoisotopic (exact) mass is 347 g/mol. The predicted octanol–water partition coefficient (Wildman–Crippen LogP) is 3.47. The van der Waals surface area contributed by atoms with Crippen LogP contribution in [0.2, 0.25) is 0 Å². The minimum absolute atomic E-state index is 0.0427. The lowest BCUT2D eigenvalue weighted by Gasteiger charge is -2.16. The van der Waals surface area contributed by atoms with E-state index < -0.39 is 0 Å². The maximum absolute atomic E-state index is 12.8. The summed E-state index contributed by atoms with van der Waals surface area (Å²) >= 11 is 3.54. The molecule has 0 spiro atoms. The Labute approximate surface area is 130 Å². The number of halogens is 1. The van der Waals surface area contributed by atoms with Crippen LogP contribution in [0.5, 0.6) is 11.5 Å². The molecule has 3 aromatic rings. The summed E-state index contributed by atoms with van der Waals surface area (Å²) in [5, 5.41) is 1.22. The van der Waals surface area contributed by atoms with Crippen molar-refractivity contribution in [3.8, 4) is 11.5 Å². The Hall–Kier alpha value is -2.01. The van der Waals surface area contributed by atoms with Crippen LogP contribution in [-0.4, -0.2) is 18.8 Å². The highest BCUT2D eigenvalue weighted by Gasteiger charge is 2.18. The standard InChI is InChI=1S/C16H14BrNO3/c1-18-10-7-5-4-6-9(10)16(19)13-11(20-2)8-12(21-3)14(17)15(13)18/h4-8H,1-3H3. The molecule has 21 heavy (non-hydrogen) atoms. The average Bonchev–Trinajstić information content (AvgIpc) is 2.52. The molecule has 0 saturated heterocycles. The van der Waals surface area contributed by atoms with Gasteiger partial charge in [0, 0.05) is 18.5 Å². The number of fused-ring (bicyclic) bond motifs is 2. The van der Waals surface area contributed by atoms with E-state index in [0.29, 0.717) is 22.3 Å². The summed E-state index contributed by atoms with van der Waals surface area (Å²) in [5.74, 6) is 1.14. The van der Waals surface area contributed by atoms with E-state index in [2.05, 4.69) is 15.9 Å². The largest absolute Gasteiger partial charge is 0.496 e. The van der Waals surface area contributed by atoms with E-state index in [1.807, 2.05) is 35.9 Å². The van der Waals surface area contributed by atoms with Gasteiger partial charge >= 0.3 is 0 Å². The highest BCUT2D eigenvalue weighted by atomic mass is 79.9. The van der Waals surface area contributed by atoms with E-state index in [-0.39, 0.29) is 5.43 Å². The number of pyridine rings is 1. The van der Waals surface area contributed by atoms with E-state index in [1.54, 1.807) is 20.3 Å². The molecule has 0 radical (unpaired) electrons. The number of aromatic nitrogens is 1. The Bertz CT molecular complexity index is 915. The zero-order valence-corrected chi connectivity index (χ0v) is 13.5. The number of methoxy groups -OCH3 is 2. The van der Waals surface area contributed by atoms with Gasteiger partial charge < -0.3 is 14.0 Å². The second-order valence-electron chi connectivity index (χ2n) is 4.72. The maximum atomic E-state index is 12.8. The normalized spacial score (nSPS) is 11.0. The first-order valence-electron chi connectivity index (χ1n) is 6.42. The highest BCUT2D eigenvalue weighted by molar-refractivity contribution is 9.10. The van der Waals surface area contributed by atoms with Crippen molar-refractivity contribution in [2.75, 3.05) is 14.2 Å². The molecule has 0 aliphatic heterocycles. The summed E-state index contributed by atoms with van der Waals surface area (Å²) in [6.45, 7) is 0. The van der Waals surface area contributed by atoms with Gasteiger partial charge in [0.15, 0.2) is 0 Å². The summed E-state index contributed by atoms with van der Waals surface area (Å²) < 4.78 is 13.5. The lowest BCUT2D eigenvalue weighted by atomic mass is 10.1. The summed E-state index contributed by atoms with van der Waals surface area (Å²) in [6, 6.07) is 9.26. The van der Waals surface area contributed by atoms with Crippen LogP contribution < -0.4 is 14.9 Å². The van der Waals surface area contributed by atoms with E-state index in [9.17, 15) is 4.79 Å².